The highest BCUT2D eigenvalue weighted by atomic mass is 32.2. The second-order valence-corrected chi connectivity index (χ2v) is 10.7. The summed E-state index contributed by atoms with van der Waals surface area (Å²) in [7, 11) is 1.60. The third kappa shape index (κ3) is 3.36. The minimum absolute atomic E-state index is 0.124. The molecule has 2 bridgehead atoms. The van der Waals surface area contributed by atoms with E-state index in [-0.39, 0.29) is 29.1 Å². The Bertz CT molecular complexity index is 670. The molecular weight excluding hydrogens is 390 g/mol. The minimum atomic E-state index is -0.639. The van der Waals surface area contributed by atoms with Gasteiger partial charge in [-0.25, -0.2) is 0 Å². The summed E-state index contributed by atoms with van der Waals surface area (Å²) >= 11 is 1.66. The van der Waals surface area contributed by atoms with E-state index >= 15 is 0 Å². The Hall–Kier alpha value is -1.28. The molecule has 3 aliphatic heterocycles. The molecule has 7 nitrogen and oxygen atoms in total. The Kier molecular flexibility index (Phi) is 6.53. The molecule has 3 rings (SSSR count). The molecule has 3 saturated heterocycles. The van der Waals surface area contributed by atoms with E-state index < -0.39 is 28.7 Å². The molecule has 2 unspecified atom stereocenters. The van der Waals surface area contributed by atoms with Gasteiger partial charge in [-0.1, -0.05) is 26.7 Å². The van der Waals surface area contributed by atoms with Crippen LogP contribution >= 0.6 is 11.8 Å². The van der Waals surface area contributed by atoms with Gasteiger partial charge in [0.2, 0.25) is 17.7 Å². The lowest BCUT2D eigenvalue weighted by Gasteiger charge is -2.36. The number of unbranched alkanes of at least 4 members (excludes halogenated alkanes) is 2. The van der Waals surface area contributed by atoms with Crippen molar-refractivity contribution in [1.82, 2.24) is 15.5 Å². The van der Waals surface area contributed by atoms with Crippen molar-refractivity contribution in [2.75, 3.05) is 20.2 Å². The summed E-state index contributed by atoms with van der Waals surface area (Å²) in [5.41, 5.74) is 0. The molecular formula is C21H35N3O4S. The van der Waals surface area contributed by atoms with Gasteiger partial charge < -0.3 is 20.6 Å². The summed E-state index contributed by atoms with van der Waals surface area (Å²) in [5, 5.41) is 15.7. The zero-order valence-corrected chi connectivity index (χ0v) is 18.8. The number of likely N-dealkylation sites (tertiary alicyclic amines) is 1. The van der Waals surface area contributed by atoms with Crippen LogP contribution in [0.25, 0.3) is 0 Å². The van der Waals surface area contributed by atoms with Crippen LogP contribution in [0.15, 0.2) is 0 Å². The molecule has 0 aromatic carbocycles. The maximum absolute atomic E-state index is 13.6. The van der Waals surface area contributed by atoms with Gasteiger partial charge in [-0.05, 0) is 32.6 Å². The summed E-state index contributed by atoms with van der Waals surface area (Å²) in [6, 6.07) is -1.05. The molecule has 3 fully saturated rings. The van der Waals surface area contributed by atoms with Crippen LogP contribution in [0.5, 0.6) is 0 Å². The van der Waals surface area contributed by atoms with Crippen molar-refractivity contribution in [2.24, 2.45) is 11.8 Å². The fourth-order valence-corrected chi connectivity index (χ4v) is 8.05. The van der Waals surface area contributed by atoms with Crippen molar-refractivity contribution in [3.63, 3.8) is 0 Å². The van der Waals surface area contributed by atoms with Gasteiger partial charge in [0.05, 0.1) is 29.2 Å². The van der Waals surface area contributed by atoms with E-state index in [1.807, 2.05) is 6.92 Å². The highest BCUT2D eigenvalue weighted by Gasteiger charge is 2.77. The first-order chi connectivity index (χ1) is 13.8. The van der Waals surface area contributed by atoms with E-state index in [1.54, 1.807) is 23.7 Å². The second-order valence-electron chi connectivity index (χ2n) is 8.83. The summed E-state index contributed by atoms with van der Waals surface area (Å²) < 4.78 is -0.936. The molecule has 3 heterocycles. The number of carbonyl (C=O) groups excluding carboxylic acids is 3. The van der Waals surface area contributed by atoms with Crippen molar-refractivity contribution in [2.45, 2.75) is 80.9 Å². The first-order valence-electron chi connectivity index (χ1n) is 10.9. The van der Waals surface area contributed by atoms with Gasteiger partial charge in [-0.3, -0.25) is 14.4 Å². The largest absolute Gasteiger partial charge is 0.394 e. The third-order valence-corrected chi connectivity index (χ3v) is 9.13. The average Bonchev–Trinajstić information content (AvgIpc) is 3.27. The smallest absolute Gasteiger partial charge is 0.244 e. The number of aliphatic hydroxyl groups excluding tert-OH is 1. The zero-order valence-electron chi connectivity index (χ0n) is 18.0. The molecule has 3 amide bonds. The fraction of sp³-hybridized carbons (Fsp3) is 0.857. The van der Waals surface area contributed by atoms with Gasteiger partial charge in [-0.15, -0.1) is 11.8 Å². The van der Waals surface area contributed by atoms with E-state index in [9.17, 15) is 19.5 Å². The number of nitrogens with zero attached hydrogens (tertiary/aromatic N) is 1. The minimum Gasteiger partial charge on any atom is -0.394 e. The van der Waals surface area contributed by atoms with Crippen molar-refractivity contribution < 1.29 is 19.5 Å². The molecule has 3 N–H and O–H groups in total. The lowest BCUT2D eigenvalue weighted by molar-refractivity contribution is -0.143. The van der Waals surface area contributed by atoms with E-state index in [0.29, 0.717) is 13.0 Å². The maximum atomic E-state index is 13.6. The van der Waals surface area contributed by atoms with Crippen molar-refractivity contribution >= 4 is 29.5 Å². The molecule has 0 aliphatic carbocycles. The Morgan fingerprint density at radius 2 is 2.00 bits per heavy atom. The number of carbonyl (C=O) groups is 3. The topological polar surface area (TPSA) is 98.7 Å². The monoisotopic (exact) mass is 425 g/mol. The van der Waals surface area contributed by atoms with Crippen molar-refractivity contribution in [3.8, 4) is 0 Å². The highest BCUT2D eigenvalue weighted by Crippen LogP contribution is 2.71. The van der Waals surface area contributed by atoms with E-state index in [0.717, 1.165) is 32.1 Å². The number of aliphatic hydroxyl groups is 1. The average molecular weight is 426 g/mol. The number of rotatable bonds is 9. The molecule has 0 aromatic heterocycles. The normalized spacial score (nSPS) is 36.2. The van der Waals surface area contributed by atoms with Crippen LogP contribution in [-0.2, 0) is 14.4 Å². The Morgan fingerprint density at radius 1 is 1.28 bits per heavy atom. The molecule has 8 heteroatoms. The predicted octanol–water partition coefficient (Wildman–Crippen LogP) is 1.29. The quantitative estimate of drug-likeness (QED) is 0.484. The van der Waals surface area contributed by atoms with Crippen LogP contribution in [0.3, 0.4) is 0 Å². The van der Waals surface area contributed by atoms with Crippen molar-refractivity contribution in [3.05, 3.63) is 0 Å². The van der Waals surface area contributed by atoms with Crippen LogP contribution in [0.4, 0.5) is 0 Å². The van der Waals surface area contributed by atoms with Crippen LogP contribution in [-0.4, -0.2) is 69.5 Å². The van der Waals surface area contributed by atoms with Crippen molar-refractivity contribution in [1.29, 1.82) is 0 Å². The number of fused-ring (bicyclic) bond motifs is 1. The summed E-state index contributed by atoms with van der Waals surface area (Å²) in [4.78, 5) is 41.4. The molecule has 3 aliphatic rings. The Labute approximate surface area is 177 Å². The zero-order chi connectivity index (χ0) is 21.4. The lowest BCUT2D eigenvalue weighted by Crippen LogP contribution is -2.56. The van der Waals surface area contributed by atoms with E-state index in [1.165, 1.54) is 0 Å². The third-order valence-electron chi connectivity index (χ3n) is 7.15. The first kappa shape index (κ1) is 22.4. The highest BCUT2D eigenvalue weighted by molar-refractivity contribution is 8.02. The van der Waals surface area contributed by atoms with Gasteiger partial charge >= 0.3 is 0 Å². The molecule has 164 valence electrons. The number of hydrogen-bond acceptors (Lipinski definition) is 5. The summed E-state index contributed by atoms with van der Waals surface area (Å²) in [5.74, 6) is -1.38. The van der Waals surface area contributed by atoms with Crippen LogP contribution in [0, 0.1) is 11.8 Å². The number of hydrogen-bond donors (Lipinski definition) is 3. The SMILES string of the molecule is CCCCCNC(=O)C1N([C@@H](CC)CO)C(=O)[C@@H]2[C@@H](C(=O)NC)[C@@]3(C)CCC12S3. The first-order valence-corrected chi connectivity index (χ1v) is 11.8. The van der Waals surface area contributed by atoms with Crippen LogP contribution in [0.2, 0.25) is 0 Å². The van der Waals surface area contributed by atoms with Gasteiger partial charge in [0.15, 0.2) is 0 Å². The van der Waals surface area contributed by atoms with Crippen LogP contribution < -0.4 is 10.6 Å². The van der Waals surface area contributed by atoms with E-state index in [4.69, 9.17) is 0 Å². The molecule has 29 heavy (non-hydrogen) atoms. The number of amides is 3. The maximum Gasteiger partial charge on any atom is 0.244 e. The summed E-state index contributed by atoms with van der Waals surface area (Å²) in [6.07, 6.45) is 5.13. The van der Waals surface area contributed by atoms with Gasteiger partial charge in [0, 0.05) is 18.3 Å². The Balaban J connectivity index is 1.98. The number of nitrogens with one attached hydrogen (secondary N) is 2. The van der Waals surface area contributed by atoms with Crippen LogP contribution in [0.1, 0.15) is 59.3 Å². The molecule has 0 aromatic rings. The standard InChI is InChI=1S/C21H35N3O4S/c1-5-7-8-11-23-18(27)16-21-10-9-20(3,29-21)14(17(26)22-4)15(21)19(28)24(16)13(6-2)12-25/h13-16,25H,5-12H2,1-4H3,(H,22,26)(H,23,27)/t13-,14-,15-,16?,20+,21?/m0/s1. The number of thioether (sulfide) groups is 1. The fourth-order valence-electron chi connectivity index (χ4n) is 5.71. The molecule has 0 saturated carbocycles. The van der Waals surface area contributed by atoms with Gasteiger partial charge in [-0.2, -0.15) is 0 Å². The predicted molar refractivity (Wildman–Crippen MR) is 113 cm³/mol. The molecule has 6 atom stereocenters. The molecule has 1 spiro atoms. The molecule has 0 radical (unpaired) electrons. The Morgan fingerprint density at radius 3 is 2.59 bits per heavy atom. The lowest BCUT2D eigenvalue weighted by atomic mass is 9.66. The van der Waals surface area contributed by atoms with E-state index in [2.05, 4.69) is 24.5 Å². The van der Waals surface area contributed by atoms with Gasteiger partial charge in [0.1, 0.15) is 6.04 Å². The van der Waals surface area contributed by atoms with Gasteiger partial charge in [0.25, 0.3) is 0 Å². The summed E-state index contributed by atoms with van der Waals surface area (Å²) in [6.45, 7) is 6.49. The second kappa shape index (κ2) is 8.46.